The van der Waals surface area contributed by atoms with Crippen LogP contribution in [0.15, 0.2) is 29.2 Å². The standard InChI is InChI=1S/C16H26N2O2S/c1-5-17-14(4)15-6-8-16(9-7-15)21(19,20)18-10-12(2)13(3)11-18/h6-9,12-14,17H,5,10-11H2,1-4H3. The molecule has 0 saturated carbocycles. The Kier molecular flexibility index (Phi) is 5.07. The van der Waals surface area contributed by atoms with E-state index in [-0.39, 0.29) is 6.04 Å². The molecule has 4 nitrogen and oxygen atoms in total. The van der Waals surface area contributed by atoms with E-state index >= 15 is 0 Å². The Balaban J connectivity index is 2.18. The monoisotopic (exact) mass is 310 g/mol. The van der Waals surface area contributed by atoms with Crippen LogP contribution < -0.4 is 5.32 Å². The van der Waals surface area contributed by atoms with Gasteiger partial charge in [-0.3, -0.25) is 0 Å². The van der Waals surface area contributed by atoms with Crippen LogP contribution in [0.25, 0.3) is 0 Å². The maximum Gasteiger partial charge on any atom is 0.243 e. The van der Waals surface area contributed by atoms with Crippen molar-refractivity contribution in [2.45, 2.75) is 38.6 Å². The molecule has 0 radical (unpaired) electrons. The van der Waals surface area contributed by atoms with E-state index in [4.69, 9.17) is 0 Å². The number of hydrogen-bond donors (Lipinski definition) is 1. The van der Waals surface area contributed by atoms with E-state index in [1.54, 1.807) is 16.4 Å². The molecule has 1 heterocycles. The molecule has 2 rings (SSSR count). The third kappa shape index (κ3) is 3.47. The average molecular weight is 310 g/mol. The van der Waals surface area contributed by atoms with Gasteiger partial charge in [-0.15, -0.1) is 0 Å². The fourth-order valence-electron chi connectivity index (χ4n) is 2.77. The predicted octanol–water partition coefficient (Wildman–Crippen LogP) is 2.63. The fraction of sp³-hybridized carbons (Fsp3) is 0.625. The molecular weight excluding hydrogens is 284 g/mol. The molecule has 1 N–H and O–H groups in total. The van der Waals surface area contributed by atoms with Crippen molar-refractivity contribution in [3.05, 3.63) is 29.8 Å². The Bertz CT molecular complexity index is 558. The normalized spacial score (nSPS) is 25.1. The van der Waals surface area contributed by atoms with E-state index in [0.29, 0.717) is 29.8 Å². The molecule has 5 heteroatoms. The Morgan fingerprint density at radius 3 is 2.19 bits per heavy atom. The van der Waals surface area contributed by atoms with Crippen LogP contribution in [0.5, 0.6) is 0 Å². The second kappa shape index (κ2) is 6.46. The van der Waals surface area contributed by atoms with Crippen molar-refractivity contribution in [3.63, 3.8) is 0 Å². The second-order valence-corrected chi connectivity index (χ2v) is 8.06. The van der Waals surface area contributed by atoms with Crippen LogP contribution in [0, 0.1) is 11.8 Å². The van der Waals surface area contributed by atoms with Gasteiger partial charge in [0.2, 0.25) is 10.0 Å². The lowest BCUT2D eigenvalue weighted by Gasteiger charge is -2.17. The van der Waals surface area contributed by atoms with Crippen LogP contribution in [-0.2, 0) is 10.0 Å². The zero-order valence-corrected chi connectivity index (χ0v) is 14.2. The molecule has 1 aliphatic rings. The van der Waals surface area contributed by atoms with Crippen molar-refractivity contribution in [3.8, 4) is 0 Å². The van der Waals surface area contributed by atoms with E-state index in [2.05, 4.69) is 33.0 Å². The SMILES string of the molecule is CCNC(C)c1ccc(S(=O)(=O)N2CC(C)C(C)C2)cc1. The molecule has 1 aliphatic heterocycles. The lowest BCUT2D eigenvalue weighted by atomic mass is 10.0. The molecule has 0 aromatic heterocycles. The van der Waals surface area contributed by atoms with Gasteiger partial charge in [0.1, 0.15) is 0 Å². The molecule has 0 spiro atoms. The first-order valence-electron chi connectivity index (χ1n) is 7.69. The smallest absolute Gasteiger partial charge is 0.243 e. The van der Waals surface area contributed by atoms with Crippen LogP contribution in [0.3, 0.4) is 0 Å². The Hall–Kier alpha value is -0.910. The molecule has 3 atom stereocenters. The third-order valence-corrected chi connectivity index (χ3v) is 6.33. The lowest BCUT2D eigenvalue weighted by molar-refractivity contribution is 0.463. The quantitative estimate of drug-likeness (QED) is 0.909. The van der Waals surface area contributed by atoms with Crippen molar-refractivity contribution in [2.75, 3.05) is 19.6 Å². The lowest BCUT2D eigenvalue weighted by Crippen LogP contribution is -2.29. The van der Waals surface area contributed by atoms with Gasteiger partial charge in [0, 0.05) is 19.1 Å². The first-order chi connectivity index (χ1) is 9.86. The highest BCUT2D eigenvalue weighted by Crippen LogP contribution is 2.28. The van der Waals surface area contributed by atoms with Crippen molar-refractivity contribution >= 4 is 10.0 Å². The van der Waals surface area contributed by atoms with Gasteiger partial charge in [0.05, 0.1) is 4.90 Å². The van der Waals surface area contributed by atoms with Crippen molar-refractivity contribution in [1.29, 1.82) is 0 Å². The molecular formula is C16H26N2O2S. The summed E-state index contributed by atoms with van der Waals surface area (Å²) in [5.41, 5.74) is 1.11. The molecule has 21 heavy (non-hydrogen) atoms. The zero-order chi connectivity index (χ0) is 15.6. The summed E-state index contributed by atoms with van der Waals surface area (Å²) in [6, 6.07) is 7.50. The topological polar surface area (TPSA) is 49.4 Å². The molecule has 1 saturated heterocycles. The van der Waals surface area contributed by atoms with Gasteiger partial charge in [-0.05, 0) is 43.0 Å². The molecule has 0 bridgehead atoms. The minimum Gasteiger partial charge on any atom is -0.310 e. The predicted molar refractivity (Wildman–Crippen MR) is 85.6 cm³/mol. The summed E-state index contributed by atoms with van der Waals surface area (Å²) in [6.45, 7) is 10.5. The minimum atomic E-state index is -3.35. The van der Waals surface area contributed by atoms with Gasteiger partial charge in [0.15, 0.2) is 0 Å². The summed E-state index contributed by atoms with van der Waals surface area (Å²) in [7, 11) is -3.35. The largest absolute Gasteiger partial charge is 0.310 e. The molecule has 1 fully saturated rings. The number of sulfonamides is 1. The fourth-order valence-corrected chi connectivity index (χ4v) is 4.42. The molecule has 3 unspecified atom stereocenters. The van der Waals surface area contributed by atoms with Gasteiger partial charge in [-0.1, -0.05) is 32.9 Å². The molecule has 0 amide bonds. The number of nitrogens with zero attached hydrogens (tertiary/aromatic N) is 1. The highest BCUT2D eigenvalue weighted by Gasteiger charge is 2.34. The summed E-state index contributed by atoms with van der Waals surface area (Å²) >= 11 is 0. The third-order valence-electron chi connectivity index (χ3n) is 4.48. The number of rotatable bonds is 5. The van der Waals surface area contributed by atoms with Crippen LogP contribution in [0.2, 0.25) is 0 Å². The average Bonchev–Trinajstić information content (AvgIpc) is 2.80. The van der Waals surface area contributed by atoms with Crippen molar-refractivity contribution in [1.82, 2.24) is 9.62 Å². The van der Waals surface area contributed by atoms with Crippen LogP contribution in [-0.4, -0.2) is 32.4 Å². The maximum atomic E-state index is 12.6. The summed E-state index contributed by atoms with van der Waals surface area (Å²) in [5, 5.41) is 3.33. The highest BCUT2D eigenvalue weighted by molar-refractivity contribution is 7.89. The molecule has 1 aromatic rings. The van der Waals surface area contributed by atoms with Crippen LogP contribution >= 0.6 is 0 Å². The summed E-state index contributed by atoms with van der Waals surface area (Å²) in [5.74, 6) is 0.848. The van der Waals surface area contributed by atoms with E-state index in [9.17, 15) is 8.42 Å². The Morgan fingerprint density at radius 1 is 1.19 bits per heavy atom. The molecule has 118 valence electrons. The number of hydrogen-bond acceptors (Lipinski definition) is 3. The van der Waals surface area contributed by atoms with E-state index in [0.717, 1.165) is 12.1 Å². The summed E-state index contributed by atoms with van der Waals surface area (Å²) in [6.07, 6.45) is 0. The van der Waals surface area contributed by atoms with Gasteiger partial charge in [-0.2, -0.15) is 4.31 Å². The van der Waals surface area contributed by atoms with Crippen LogP contribution in [0.4, 0.5) is 0 Å². The van der Waals surface area contributed by atoms with Crippen molar-refractivity contribution in [2.24, 2.45) is 11.8 Å². The van der Waals surface area contributed by atoms with Crippen molar-refractivity contribution < 1.29 is 8.42 Å². The maximum absolute atomic E-state index is 12.6. The summed E-state index contributed by atoms with van der Waals surface area (Å²) < 4.78 is 26.9. The zero-order valence-electron chi connectivity index (χ0n) is 13.3. The minimum absolute atomic E-state index is 0.235. The summed E-state index contributed by atoms with van der Waals surface area (Å²) in [4.78, 5) is 0.399. The Morgan fingerprint density at radius 2 is 1.71 bits per heavy atom. The van der Waals surface area contributed by atoms with Gasteiger partial charge in [-0.25, -0.2) is 8.42 Å². The van der Waals surface area contributed by atoms with E-state index in [1.165, 1.54) is 0 Å². The van der Waals surface area contributed by atoms with Gasteiger partial charge >= 0.3 is 0 Å². The first-order valence-corrected chi connectivity index (χ1v) is 9.13. The van der Waals surface area contributed by atoms with E-state index < -0.39 is 10.0 Å². The highest BCUT2D eigenvalue weighted by atomic mass is 32.2. The van der Waals surface area contributed by atoms with E-state index in [1.807, 2.05) is 12.1 Å². The Labute approximate surface area is 128 Å². The number of benzene rings is 1. The van der Waals surface area contributed by atoms with Gasteiger partial charge in [0.25, 0.3) is 0 Å². The van der Waals surface area contributed by atoms with Gasteiger partial charge < -0.3 is 5.32 Å². The number of nitrogens with one attached hydrogen (secondary N) is 1. The second-order valence-electron chi connectivity index (χ2n) is 6.12. The first kappa shape index (κ1) is 16.5. The molecule has 1 aromatic carbocycles. The van der Waals surface area contributed by atoms with Crippen LogP contribution in [0.1, 0.15) is 39.3 Å². The molecule has 0 aliphatic carbocycles.